The number of hydrogen-bond donors (Lipinski definition) is 0. The highest BCUT2D eigenvalue weighted by Gasteiger charge is 2.17. The molecule has 0 N–H and O–H groups in total. The first kappa shape index (κ1) is 13.0. The van der Waals surface area contributed by atoms with Gasteiger partial charge >= 0.3 is 0 Å². The predicted molar refractivity (Wildman–Crippen MR) is 78.6 cm³/mol. The number of allylic oxidation sites excluding steroid dienone is 1. The highest BCUT2D eigenvalue weighted by Crippen LogP contribution is 2.30. The first-order chi connectivity index (χ1) is 9.76. The van der Waals surface area contributed by atoms with E-state index in [-0.39, 0.29) is 5.82 Å². The molecule has 1 aliphatic carbocycles. The molecule has 0 amide bonds. The minimum absolute atomic E-state index is 0.273. The van der Waals surface area contributed by atoms with E-state index in [1.807, 2.05) is 0 Å². The summed E-state index contributed by atoms with van der Waals surface area (Å²) in [4.78, 5) is 5.90. The standard InChI is InChI=1S/C16H13FN2S/c17-13-7-5-11(6-8-13)9-12(10-18)16-19-14-3-1-2-4-15(14)20-16/h5-9H,1-4H2. The maximum Gasteiger partial charge on any atom is 0.134 e. The maximum absolute atomic E-state index is 12.9. The monoisotopic (exact) mass is 284 g/mol. The van der Waals surface area contributed by atoms with Crippen LogP contribution in [0.3, 0.4) is 0 Å². The number of halogens is 1. The van der Waals surface area contributed by atoms with Gasteiger partial charge in [-0.25, -0.2) is 9.37 Å². The average Bonchev–Trinajstić information content (AvgIpc) is 2.90. The molecule has 100 valence electrons. The van der Waals surface area contributed by atoms with Gasteiger partial charge in [0.1, 0.15) is 16.9 Å². The third kappa shape index (κ3) is 2.63. The first-order valence-electron chi connectivity index (χ1n) is 6.62. The Labute approximate surface area is 121 Å². The number of nitriles is 1. The number of aromatic nitrogens is 1. The second kappa shape index (κ2) is 5.56. The number of benzene rings is 1. The van der Waals surface area contributed by atoms with Crippen molar-refractivity contribution in [3.63, 3.8) is 0 Å². The van der Waals surface area contributed by atoms with E-state index in [1.54, 1.807) is 29.5 Å². The van der Waals surface area contributed by atoms with Gasteiger partial charge in [0.2, 0.25) is 0 Å². The summed E-state index contributed by atoms with van der Waals surface area (Å²) in [6.07, 6.45) is 6.24. The third-order valence-corrected chi connectivity index (χ3v) is 4.57. The molecule has 2 aromatic rings. The van der Waals surface area contributed by atoms with Crippen LogP contribution in [-0.2, 0) is 12.8 Å². The molecule has 0 bridgehead atoms. The Morgan fingerprint density at radius 1 is 1.25 bits per heavy atom. The van der Waals surface area contributed by atoms with Crippen LogP contribution in [0, 0.1) is 17.1 Å². The molecule has 0 spiro atoms. The molecule has 1 aliphatic rings. The van der Waals surface area contributed by atoms with Crippen LogP contribution < -0.4 is 0 Å². The Morgan fingerprint density at radius 3 is 2.70 bits per heavy atom. The van der Waals surface area contributed by atoms with E-state index < -0.39 is 0 Å². The van der Waals surface area contributed by atoms with E-state index in [0.717, 1.165) is 29.1 Å². The molecule has 2 nitrogen and oxygen atoms in total. The molecule has 1 aromatic heterocycles. The zero-order valence-corrected chi connectivity index (χ0v) is 11.7. The molecule has 4 heteroatoms. The van der Waals surface area contributed by atoms with Crippen molar-refractivity contribution in [2.45, 2.75) is 25.7 Å². The van der Waals surface area contributed by atoms with Crippen LogP contribution in [-0.4, -0.2) is 4.98 Å². The van der Waals surface area contributed by atoms with Gasteiger partial charge in [-0.05, 0) is 49.5 Å². The molecular formula is C16H13FN2S. The molecular weight excluding hydrogens is 271 g/mol. The zero-order chi connectivity index (χ0) is 13.9. The summed E-state index contributed by atoms with van der Waals surface area (Å²) in [5.74, 6) is -0.273. The van der Waals surface area contributed by atoms with E-state index in [9.17, 15) is 9.65 Å². The van der Waals surface area contributed by atoms with Crippen molar-refractivity contribution < 1.29 is 4.39 Å². The molecule has 3 rings (SSSR count). The van der Waals surface area contributed by atoms with Gasteiger partial charge in [-0.2, -0.15) is 5.26 Å². The number of fused-ring (bicyclic) bond motifs is 1. The van der Waals surface area contributed by atoms with Crippen molar-refractivity contribution in [1.29, 1.82) is 5.26 Å². The molecule has 20 heavy (non-hydrogen) atoms. The second-order valence-electron chi connectivity index (χ2n) is 4.82. The van der Waals surface area contributed by atoms with Crippen LogP contribution in [0.2, 0.25) is 0 Å². The lowest BCUT2D eigenvalue weighted by Gasteiger charge is -2.06. The fraction of sp³-hybridized carbons (Fsp3) is 0.250. The van der Waals surface area contributed by atoms with Gasteiger partial charge in [-0.1, -0.05) is 12.1 Å². The maximum atomic E-state index is 12.9. The number of nitrogens with zero attached hydrogens (tertiary/aromatic N) is 2. The van der Waals surface area contributed by atoms with Crippen LogP contribution in [0.1, 0.15) is 34.0 Å². The van der Waals surface area contributed by atoms with Crippen LogP contribution in [0.25, 0.3) is 11.6 Å². The lowest BCUT2D eigenvalue weighted by Crippen LogP contribution is -1.99. The quantitative estimate of drug-likeness (QED) is 0.774. The normalized spacial score (nSPS) is 14.7. The van der Waals surface area contributed by atoms with Crippen molar-refractivity contribution >= 4 is 23.0 Å². The summed E-state index contributed by atoms with van der Waals surface area (Å²) in [5.41, 5.74) is 2.52. The Bertz CT molecular complexity index is 669. The van der Waals surface area contributed by atoms with Crippen molar-refractivity contribution in [2.75, 3.05) is 0 Å². The van der Waals surface area contributed by atoms with E-state index in [2.05, 4.69) is 11.1 Å². The third-order valence-electron chi connectivity index (χ3n) is 3.38. The lowest BCUT2D eigenvalue weighted by atomic mass is 10.0. The van der Waals surface area contributed by atoms with E-state index in [4.69, 9.17) is 0 Å². The molecule has 1 heterocycles. The zero-order valence-electron chi connectivity index (χ0n) is 10.9. The van der Waals surface area contributed by atoms with E-state index in [1.165, 1.54) is 29.9 Å². The summed E-state index contributed by atoms with van der Waals surface area (Å²) in [5, 5.41) is 10.1. The van der Waals surface area contributed by atoms with E-state index >= 15 is 0 Å². The fourth-order valence-electron chi connectivity index (χ4n) is 2.33. The Morgan fingerprint density at radius 2 is 2.00 bits per heavy atom. The number of rotatable bonds is 2. The molecule has 0 unspecified atom stereocenters. The van der Waals surface area contributed by atoms with Crippen molar-refractivity contribution in [2.24, 2.45) is 0 Å². The van der Waals surface area contributed by atoms with Crippen molar-refractivity contribution in [3.8, 4) is 6.07 Å². The summed E-state index contributed by atoms with van der Waals surface area (Å²) in [6, 6.07) is 8.33. The van der Waals surface area contributed by atoms with Crippen molar-refractivity contribution in [3.05, 3.63) is 51.2 Å². The van der Waals surface area contributed by atoms with Crippen LogP contribution in [0.15, 0.2) is 24.3 Å². The largest absolute Gasteiger partial charge is 0.240 e. The van der Waals surface area contributed by atoms with Crippen molar-refractivity contribution in [1.82, 2.24) is 4.98 Å². The SMILES string of the molecule is N#CC(=Cc1ccc(F)cc1)c1nc2c(s1)CCCC2. The molecule has 0 atom stereocenters. The van der Waals surface area contributed by atoms with Gasteiger partial charge in [0.15, 0.2) is 0 Å². The summed E-state index contributed by atoms with van der Waals surface area (Å²) >= 11 is 1.61. The molecule has 0 saturated carbocycles. The molecule has 0 saturated heterocycles. The predicted octanol–water partition coefficient (Wildman–Crippen LogP) is 4.23. The summed E-state index contributed by atoms with van der Waals surface area (Å²) in [7, 11) is 0. The molecule has 0 fully saturated rings. The van der Waals surface area contributed by atoms with Gasteiger partial charge in [0.25, 0.3) is 0 Å². The van der Waals surface area contributed by atoms with Crippen LogP contribution in [0.5, 0.6) is 0 Å². The minimum atomic E-state index is -0.273. The Kier molecular flexibility index (Phi) is 3.62. The average molecular weight is 284 g/mol. The van der Waals surface area contributed by atoms with Gasteiger partial charge in [-0.15, -0.1) is 11.3 Å². The van der Waals surface area contributed by atoms with Gasteiger partial charge in [-0.3, -0.25) is 0 Å². The molecule has 0 aliphatic heterocycles. The minimum Gasteiger partial charge on any atom is -0.240 e. The summed E-state index contributed by atoms with van der Waals surface area (Å²) in [6.45, 7) is 0. The van der Waals surface area contributed by atoms with Crippen LogP contribution in [0.4, 0.5) is 4.39 Å². The van der Waals surface area contributed by atoms with Crippen LogP contribution >= 0.6 is 11.3 Å². The topological polar surface area (TPSA) is 36.7 Å². The smallest absolute Gasteiger partial charge is 0.134 e. The first-order valence-corrected chi connectivity index (χ1v) is 7.44. The van der Waals surface area contributed by atoms with Gasteiger partial charge in [0, 0.05) is 4.88 Å². The highest BCUT2D eigenvalue weighted by atomic mass is 32.1. The molecule has 0 radical (unpaired) electrons. The number of thiazole rings is 1. The van der Waals surface area contributed by atoms with E-state index in [0.29, 0.717) is 5.57 Å². The van der Waals surface area contributed by atoms with Gasteiger partial charge in [0.05, 0.1) is 11.3 Å². The number of hydrogen-bond acceptors (Lipinski definition) is 3. The Balaban J connectivity index is 1.95. The van der Waals surface area contributed by atoms with Gasteiger partial charge < -0.3 is 0 Å². The lowest BCUT2D eigenvalue weighted by molar-refractivity contribution is 0.628. The Hall–Kier alpha value is -1.99. The number of aryl methyl sites for hydroxylation is 2. The fourth-order valence-corrected chi connectivity index (χ4v) is 3.45. The summed E-state index contributed by atoms with van der Waals surface area (Å²) < 4.78 is 12.9. The highest BCUT2D eigenvalue weighted by molar-refractivity contribution is 7.13. The second-order valence-corrected chi connectivity index (χ2v) is 5.90. The molecule has 1 aromatic carbocycles.